The van der Waals surface area contributed by atoms with Gasteiger partial charge in [0.25, 0.3) is 5.91 Å². The first-order chi connectivity index (χ1) is 6.20. The van der Waals surface area contributed by atoms with E-state index < -0.39 is 0 Å². The number of pyridine rings is 1. The number of hydrogen-bond donors (Lipinski definition) is 1. The second kappa shape index (κ2) is 4.03. The van der Waals surface area contributed by atoms with Gasteiger partial charge < -0.3 is 5.73 Å². The van der Waals surface area contributed by atoms with Gasteiger partial charge in [-0.2, -0.15) is 0 Å². The molecule has 0 bridgehead atoms. The molecule has 3 heteroatoms. The molecule has 0 unspecified atom stereocenters. The van der Waals surface area contributed by atoms with Gasteiger partial charge in [-0.1, -0.05) is 13.8 Å². The number of nitrogens with zero attached hydrogens (tertiary/aromatic N) is 1. The first kappa shape index (κ1) is 9.71. The Morgan fingerprint density at radius 1 is 1.46 bits per heavy atom. The molecule has 0 radical (unpaired) electrons. The van der Waals surface area contributed by atoms with Crippen LogP contribution >= 0.6 is 0 Å². The summed E-state index contributed by atoms with van der Waals surface area (Å²) in [6.45, 7) is 3.97. The number of primary amides is 1. The maximum absolute atomic E-state index is 11.1. The van der Waals surface area contributed by atoms with Crippen molar-refractivity contribution in [3.8, 4) is 0 Å². The number of aryl methyl sites for hydroxylation is 2. The average molecular weight is 178 g/mol. The monoisotopic (exact) mass is 178 g/mol. The molecule has 70 valence electrons. The van der Waals surface area contributed by atoms with E-state index in [4.69, 9.17) is 5.73 Å². The van der Waals surface area contributed by atoms with Crippen molar-refractivity contribution >= 4 is 5.91 Å². The van der Waals surface area contributed by atoms with E-state index in [2.05, 4.69) is 4.98 Å². The highest BCUT2D eigenvalue weighted by atomic mass is 16.1. The van der Waals surface area contributed by atoms with Crippen molar-refractivity contribution in [2.45, 2.75) is 26.7 Å². The molecule has 0 aliphatic carbocycles. The van der Waals surface area contributed by atoms with E-state index in [0.29, 0.717) is 5.56 Å². The van der Waals surface area contributed by atoms with E-state index >= 15 is 0 Å². The van der Waals surface area contributed by atoms with E-state index in [1.54, 1.807) is 6.20 Å². The van der Waals surface area contributed by atoms with E-state index in [1.807, 2.05) is 19.9 Å². The number of carbonyl (C=O) groups excluding carboxylic acids is 1. The minimum atomic E-state index is -0.373. The first-order valence-electron chi connectivity index (χ1n) is 4.47. The number of nitrogens with two attached hydrogens (primary N) is 1. The van der Waals surface area contributed by atoms with Crippen molar-refractivity contribution in [2.75, 3.05) is 0 Å². The molecule has 1 aromatic heterocycles. The summed E-state index contributed by atoms with van der Waals surface area (Å²) in [4.78, 5) is 15.3. The zero-order valence-electron chi connectivity index (χ0n) is 8.00. The lowest BCUT2D eigenvalue weighted by atomic mass is 10.0. The molecular formula is C10H14N2O. The largest absolute Gasteiger partial charge is 0.366 e. The Morgan fingerprint density at radius 3 is 2.62 bits per heavy atom. The molecule has 0 fully saturated rings. The standard InChI is InChI=1S/C10H14N2O/c1-3-7-5-6-12-8(4-2)9(7)10(11)13/h5-6H,3-4H2,1-2H3,(H2,11,13). The predicted octanol–water partition coefficient (Wildman–Crippen LogP) is 1.31. The van der Waals surface area contributed by atoms with E-state index in [-0.39, 0.29) is 5.91 Å². The summed E-state index contributed by atoms with van der Waals surface area (Å²) < 4.78 is 0. The Labute approximate surface area is 78.0 Å². The van der Waals surface area contributed by atoms with Crippen LogP contribution in [-0.2, 0) is 12.8 Å². The second-order valence-electron chi connectivity index (χ2n) is 2.86. The van der Waals surface area contributed by atoms with Crippen LogP contribution in [0.5, 0.6) is 0 Å². The molecule has 0 aromatic carbocycles. The Bertz CT molecular complexity index is 298. The number of rotatable bonds is 3. The van der Waals surface area contributed by atoms with Crippen molar-refractivity contribution in [3.05, 3.63) is 29.1 Å². The van der Waals surface area contributed by atoms with Crippen LogP contribution in [0.2, 0.25) is 0 Å². The van der Waals surface area contributed by atoms with Crippen molar-refractivity contribution in [1.82, 2.24) is 4.98 Å². The molecule has 0 aliphatic rings. The van der Waals surface area contributed by atoms with Crippen LogP contribution in [0.3, 0.4) is 0 Å². The Balaban J connectivity index is 3.29. The molecule has 0 spiro atoms. The lowest BCUT2D eigenvalue weighted by Gasteiger charge is -2.07. The molecule has 0 saturated carbocycles. The van der Waals surface area contributed by atoms with Crippen molar-refractivity contribution in [2.24, 2.45) is 5.73 Å². The highest BCUT2D eigenvalue weighted by Crippen LogP contribution is 2.12. The zero-order valence-corrected chi connectivity index (χ0v) is 8.00. The summed E-state index contributed by atoms with van der Waals surface area (Å²) in [6.07, 6.45) is 3.28. The number of carbonyl (C=O) groups is 1. The molecule has 1 rings (SSSR count). The fourth-order valence-corrected chi connectivity index (χ4v) is 1.41. The van der Waals surface area contributed by atoms with Gasteiger partial charge in [-0.05, 0) is 24.5 Å². The molecule has 0 aliphatic heterocycles. The highest BCUT2D eigenvalue weighted by molar-refractivity contribution is 5.95. The summed E-state index contributed by atoms with van der Waals surface area (Å²) in [5, 5.41) is 0. The van der Waals surface area contributed by atoms with Crippen molar-refractivity contribution < 1.29 is 4.79 Å². The van der Waals surface area contributed by atoms with Crippen LogP contribution in [0.15, 0.2) is 12.3 Å². The van der Waals surface area contributed by atoms with Gasteiger partial charge in [0.15, 0.2) is 0 Å². The third-order valence-electron chi connectivity index (χ3n) is 2.08. The van der Waals surface area contributed by atoms with E-state index in [0.717, 1.165) is 24.1 Å². The van der Waals surface area contributed by atoms with Crippen LogP contribution in [0, 0.1) is 0 Å². The van der Waals surface area contributed by atoms with Crippen LogP contribution in [0.4, 0.5) is 0 Å². The third kappa shape index (κ3) is 1.86. The zero-order chi connectivity index (χ0) is 9.84. The molecular weight excluding hydrogens is 164 g/mol. The fourth-order valence-electron chi connectivity index (χ4n) is 1.41. The van der Waals surface area contributed by atoms with Gasteiger partial charge in [0, 0.05) is 6.20 Å². The number of hydrogen-bond acceptors (Lipinski definition) is 2. The maximum atomic E-state index is 11.1. The second-order valence-corrected chi connectivity index (χ2v) is 2.86. The molecule has 13 heavy (non-hydrogen) atoms. The first-order valence-corrected chi connectivity index (χ1v) is 4.47. The summed E-state index contributed by atoms with van der Waals surface area (Å²) >= 11 is 0. The lowest BCUT2D eigenvalue weighted by molar-refractivity contribution is 0.0998. The number of aromatic nitrogens is 1. The predicted molar refractivity (Wildman–Crippen MR) is 51.5 cm³/mol. The summed E-state index contributed by atoms with van der Waals surface area (Å²) in [5.41, 5.74) is 7.68. The normalized spacial score (nSPS) is 10.0. The molecule has 0 atom stereocenters. The quantitative estimate of drug-likeness (QED) is 0.758. The van der Waals surface area contributed by atoms with Gasteiger partial charge in [-0.3, -0.25) is 9.78 Å². The van der Waals surface area contributed by atoms with Crippen LogP contribution in [0.25, 0.3) is 0 Å². The highest BCUT2D eigenvalue weighted by Gasteiger charge is 2.11. The fraction of sp³-hybridized carbons (Fsp3) is 0.400. The van der Waals surface area contributed by atoms with Gasteiger partial charge in [-0.25, -0.2) is 0 Å². The summed E-state index contributed by atoms with van der Waals surface area (Å²) in [7, 11) is 0. The van der Waals surface area contributed by atoms with Gasteiger partial charge in [0.1, 0.15) is 0 Å². The molecule has 2 N–H and O–H groups in total. The average Bonchev–Trinajstić information content (AvgIpc) is 2.16. The third-order valence-corrected chi connectivity index (χ3v) is 2.08. The maximum Gasteiger partial charge on any atom is 0.250 e. The van der Waals surface area contributed by atoms with Gasteiger partial charge in [0.2, 0.25) is 0 Å². The molecule has 1 aromatic rings. The van der Waals surface area contributed by atoms with E-state index in [1.165, 1.54) is 0 Å². The minimum absolute atomic E-state index is 0.373. The van der Waals surface area contributed by atoms with Gasteiger partial charge in [0.05, 0.1) is 11.3 Å². The minimum Gasteiger partial charge on any atom is -0.366 e. The smallest absolute Gasteiger partial charge is 0.250 e. The van der Waals surface area contributed by atoms with Gasteiger partial charge in [-0.15, -0.1) is 0 Å². The molecule has 1 heterocycles. The molecule has 0 saturated heterocycles. The molecule has 3 nitrogen and oxygen atoms in total. The Morgan fingerprint density at radius 2 is 2.15 bits per heavy atom. The van der Waals surface area contributed by atoms with Crippen LogP contribution in [-0.4, -0.2) is 10.9 Å². The van der Waals surface area contributed by atoms with Gasteiger partial charge >= 0.3 is 0 Å². The Kier molecular flexibility index (Phi) is 3.01. The topological polar surface area (TPSA) is 56.0 Å². The molecule has 1 amide bonds. The summed E-state index contributed by atoms with van der Waals surface area (Å²) in [6, 6.07) is 1.85. The van der Waals surface area contributed by atoms with Crippen molar-refractivity contribution in [3.63, 3.8) is 0 Å². The number of amides is 1. The lowest BCUT2D eigenvalue weighted by Crippen LogP contribution is -2.17. The Hall–Kier alpha value is -1.38. The van der Waals surface area contributed by atoms with Crippen molar-refractivity contribution in [1.29, 1.82) is 0 Å². The van der Waals surface area contributed by atoms with E-state index in [9.17, 15) is 4.79 Å². The SMILES string of the molecule is CCc1ccnc(CC)c1C(N)=O. The summed E-state index contributed by atoms with van der Waals surface area (Å²) in [5.74, 6) is -0.373. The van der Waals surface area contributed by atoms with Crippen LogP contribution in [0.1, 0.15) is 35.5 Å². The van der Waals surface area contributed by atoms with Crippen LogP contribution < -0.4 is 5.73 Å².